The van der Waals surface area contributed by atoms with Crippen molar-refractivity contribution in [3.63, 3.8) is 0 Å². The second-order valence-corrected chi connectivity index (χ2v) is 8.40. The van der Waals surface area contributed by atoms with E-state index in [1.807, 2.05) is 18.2 Å². The van der Waals surface area contributed by atoms with Gasteiger partial charge in [0, 0.05) is 5.70 Å². The van der Waals surface area contributed by atoms with E-state index >= 15 is 0 Å². The summed E-state index contributed by atoms with van der Waals surface area (Å²) in [5.41, 5.74) is 1.76. The topological polar surface area (TPSA) is 85.9 Å². The maximum absolute atomic E-state index is 12.6. The largest absolute Gasteiger partial charge is 0.493 e. The molecule has 0 spiro atoms. The number of methoxy groups -OCH3 is 2. The molecule has 0 aliphatic carbocycles. The summed E-state index contributed by atoms with van der Waals surface area (Å²) < 4.78 is 16.5. The van der Waals surface area contributed by atoms with Crippen molar-refractivity contribution in [2.24, 2.45) is 0 Å². The van der Waals surface area contributed by atoms with Crippen LogP contribution in [0.5, 0.6) is 11.5 Å². The van der Waals surface area contributed by atoms with Crippen LogP contribution < -0.4 is 20.1 Å². The Bertz CT molecular complexity index is 806. The summed E-state index contributed by atoms with van der Waals surface area (Å²) in [4.78, 5) is 24.9. The van der Waals surface area contributed by atoms with E-state index in [1.165, 1.54) is 39.2 Å². The zero-order valence-corrected chi connectivity index (χ0v) is 20.6. The van der Waals surface area contributed by atoms with Crippen molar-refractivity contribution in [1.82, 2.24) is 10.6 Å². The number of hydrogen-bond acceptors (Lipinski definition) is 5. The van der Waals surface area contributed by atoms with Gasteiger partial charge >= 0.3 is 12.0 Å². The van der Waals surface area contributed by atoms with Crippen LogP contribution >= 0.6 is 0 Å². The molecule has 2 N–H and O–H groups in total. The van der Waals surface area contributed by atoms with Crippen LogP contribution in [-0.4, -0.2) is 32.8 Å². The highest BCUT2D eigenvalue weighted by Crippen LogP contribution is 2.35. The molecule has 1 atom stereocenters. The van der Waals surface area contributed by atoms with E-state index in [4.69, 9.17) is 14.2 Å². The molecule has 0 radical (unpaired) electrons. The van der Waals surface area contributed by atoms with Gasteiger partial charge in [-0.2, -0.15) is 0 Å². The molecule has 1 aromatic carbocycles. The van der Waals surface area contributed by atoms with Crippen LogP contribution in [0, 0.1) is 0 Å². The smallest absolute Gasteiger partial charge is 0.337 e. The molecule has 0 saturated heterocycles. The predicted octanol–water partition coefficient (Wildman–Crippen LogP) is 5.80. The van der Waals surface area contributed by atoms with Gasteiger partial charge in [0.1, 0.15) is 0 Å². The molecular weight excluding hydrogens is 420 g/mol. The number of benzene rings is 1. The molecule has 184 valence electrons. The van der Waals surface area contributed by atoms with Crippen LogP contribution in [0.2, 0.25) is 0 Å². The zero-order chi connectivity index (χ0) is 24.1. The van der Waals surface area contributed by atoms with Crippen molar-refractivity contribution in [3.05, 3.63) is 35.0 Å². The molecule has 1 aromatic rings. The van der Waals surface area contributed by atoms with E-state index < -0.39 is 12.0 Å². The fraction of sp³-hybridized carbons (Fsp3) is 0.615. The third-order valence-corrected chi connectivity index (χ3v) is 5.87. The van der Waals surface area contributed by atoms with Crippen molar-refractivity contribution >= 4 is 12.0 Å². The van der Waals surface area contributed by atoms with Gasteiger partial charge in [-0.25, -0.2) is 9.59 Å². The summed E-state index contributed by atoms with van der Waals surface area (Å²) in [7, 11) is 2.94. The minimum atomic E-state index is -0.621. The summed E-state index contributed by atoms with van der Waals surface area (Å²) in [6.45, 7) is 4.92. The maximum atomic E-state index is 12.6. The van der Waals surface area contributed by atoms with Gasteiger partial charge in [0.05, 0.1) is 32.4 Å². The first kappa shape index (κ1) is 26.6. The number of unbranched alkanes of at least 4 members (excludes halogenated alkanes) is 7. The number of urea groups is 1. The van der Waals surface area contributed by atoms with Gasteiger partial charge in [0.2, 0.25) is 0 Å². The molecule has 1 aliphatic rings. The van der Waals surface area contributed by atoms with E-state index in [1.54, 1.807) is 7.11 Å². The molecule has 0 aromatic heterocycles. The molecule has 7 heteroatoms. The molecule has 2 amide bonds. The minimum absolute atomic E-state index is 0.336. The van der Waals surface area contributed by atoms with Gasteiger partial charge < -0.3 is 24.8 Å². The standard InChI is InChI=1S/C26H40N2O5/c1-5-7-9-10-11-12-13-17-33-21-16-15-19(18-22(21)31-3)24-23(25(29)32-4)20(14-8-6-2)27-26(30)28-24/h15-16,18,24H,5-14,17H2,1-4H3,(H2,27,28,30). The highest BCUT2D eigenvalue weighted by Gasteiger charge is 2.33. The number of nitrogens with one attached hydrogen (secondary N) is 2. The molecule has 7 nitrogen and oxygen atoms in total. The number of esters is 1. The Hall–Kier alpha value is -2.70. The van der Waals surface area contributed by atoms with Gasteiger partial charge in [0.15, 0.2) is 11.5 Å². The average Bonchev–Trinajstić information content (AvgIpc) is 2.83. The number of allylic oxidation sites excluding steroid dienone is 1. The first-order valence-electron chi connectivity index (χ1n) is 12.2. The predicted molar refractivity (Wildman–Crippen MR) is 129 cm³/mol. The number of ether oxygens (including phenoxy) is 3. The fourth-order valence-electron chi connectivity index (χ4n) is 3.99. The maximum Gasteiger partial charge on any atom is 0.337 e. The molecule has 2 rings (SSSR count). The van der Waals surface area contributed by atoms with Gasteiger partial charge in [-0.1, -0.05) is 64.9 Å². The Balaban J connectivity index is 2.12. The van der Waals surface area contributed by atoms with Crippen LogP contribution in [0.3, 0.4) is 0 Å². The Morgan fingerprint density at radius 3 is 2.30 bits per heavy atom. The first-order chi connectivity index (χ1) is 16.0. The summed E-state index contributed by atoms with van der Waals surface area (Å²) >= 11 is 0. The number of amides is 2. The Morgan fingerprint density at radius 1 is 0.939 bits per heavy atom. The third-order valence-electron chi connectivity index (χ3n) is 5.87. The van der Waals surface area contributed by atoms with E-state index in [9.17, 15) is 9.59 Å². The van der Waals surface area contributed by atoms with Crippen molar-refractivity contribution in [3.8, 4) is 11.5 Å². The van der Waals surface area contributed by atoms with Crippen molar-refractivity contribution in [1.29, 1.82) is 0 Å². The normalized spacial score (nSPS) is 15.6. The lowest BCUT2D eigenvalue weighted by molar-refractivity contribution is -0.136. The highest BCUT2D eigenvalue weighted by atomic mass is 16.5. The van der Waals surface area contributed by atoms with Crippen LogP contribution in [-0.2, 0) is 9.53 Å². The summed E-state index contributed by atoms with van der Waals surface area (Å²) in [5, 5.41) is 5.64. The molecule has 0 saturated carbocycles. The Labute approximate surface area is 198 Å². The minimum Gasteiger partial charge on any atom is -0.493 e. The van der Waals surface area contributed by atoms with Gasteiger partial charge in [-0.05, 0) is 37.0 Å². The number of rotatable bonds is 15. The lowest BCUT2D eigenvalue weighted by Crippen LogP contribution is -2.45. The quantitative estimate of drug-likeness (QED) is 0.255. The van der Waals surface area contributed by atoms with Crippen molar-refractivity contribution in [2.75, 3.05) is 20.8 Å². The monoisotopic (exact) mass is 460 g/mol. The molecule has 33 heavy (non-hydrogen) atoms. The average molecular weight is 461 g/mol. The second-order valence-electron chi connectivity index (χ2n) is 8.40. The Kier molecular flexibility index (Phi) is 11.6. The molecule has 1 unspecified atom stereocenters. The van der Waals surface area contributed by atoms with Crippen molar-refractivity contribution in [2.45, 2.75) is 84.1 Å². The number of carbonyl (C=O) groups is 2. The first-order valence-corrected chi connectivity index (χ1v) is 12.2. The Morgan fingerprint density at radius 2 is 1.64 bits per heavy atom. The lowest BCUT2D eigenvalue weighted by Gasteiger charge is -2.29. The lowest BCUT2D eigenvalue weighted by atomic mass is 9.93. The summed E-state index contributed by atoms with van der Waals surface area (Å²) in [6.07, 6.45) is 10.9. The van der Waals surface area contributed by atoms with Crippen LogP contribution in [0.4, 0.5) is 4.79 Å². The van der Waals surface area contributed by atoms with Crippen LogP contribution in [0.15, 0.2) is 29.5 Å². The number of hydrogen-bond donors (Lipinski definition) is 2. The van der Waals surface area contributed by atoms with Gasteiger partial charge in [0.25, 0.3) is 0 Å². The summed E-state index contributed by atoms with van der Waals surface area (Å²) in [6, 6.07) is 4.56. The number of carbonyl (C=O) groups excluding carboxylic acids is 2. The van der Waals surface area contributed by atoms with Crippen LogP contribution in [0.25, 0.3) is 0 Å². The van der Waals surface area contributed by atoms with Gasteiger partial charge in [-0.15, -0.1) is 0 Å². The molecule has 1 aliphatic heterocycles. The molecular formula is C26H40N2O5. The van der Waals surface area contributed by atoms with E-state index in [-0.39, 0.29) is 6.03 Å². The van der Waals surface area contributed by atoms with E-state index in [2.05, 4.69) is 24.5 Å². The van der Waals surface area contributed by atoms with Gasteiger partial charge in [-0.3, -0.25) is 0 Å². The second kappa shape index (κ2) is 14.4. The highest BCUT2D eigenvalue weighted by molar-refractivity contribution is 5.95. The van der Waals surface area contributed by atoms with Crippen LogP contribution in [0.1, 0.15) is 89.7 Å². The zero-order valence-electron chi connectivity index (χ0n) is 20.6. The summed E-state index contributed by atoms with van der Waals surface area (Å²) in [5.74, 6) is 0.765. The molecule has 0 bridgehead atoms. The third kappa shape index (κ3) is 7.98. The van der Waals surface area contributed by atoms with E-state index in [0.717, 1.165) is 31.2 Å². The van der Waals surface area contributed by atoms with E-state index in [0.29, 0.717) is 35.8 Å². The SMILES string of the molecule is CCCCCCCCCOc1ccc(C2NC(=O)NC(CCCC)=C2C(=O)OC)cc1OC. The fourth-order valence-corrected chi connectivity index (χ4v) is 3.99. The molecule has 1 heterocycles. The molecule has 0 fully saturated rings. The van der Waals surface area contributed by atoms with Crippen molar-refractivity contribution < 1.29 is 23.8 Å².